The van der Waals surface area contributed by atoms with Gasteiger partial charge in [0.05, 0.1) is 6.07 Å². The maximum Gasteiger partial charge on any atom is 0.0635 e. The highest BCUT2D eigenvalue weighted by Gasteiger charge is 1.92. The molecule has 0 aromatic rings. The zero-order valence-corrected chi connectivity index (χ0v) is 10.5. The molecule has 0 aliphatic carbocycles. The Morgan fingerprint density at radius 2 is 1.38 bits per heavy atom. The van der Waals surface area contributed by atoms with Crippen LogP contribution in [0.15, 0.2) is 0 Å². The van der Waals surface area contributed by atoms with Crippen LogP contribution in [0.2, 0.25) is 0 Å². The van der Waals surface area contributed by atoms with Crippen molar-refractivity contribution >= 4 is 0 Å². The lowest BCUT2D eigenvalue weighted by atomic mass is 10.1. The SMILES string of the molecule is N#CCCNCCCCCCCCCCN. The van der Waals surface area contributed by atoms with Gasteiger partial charge < -0.3 is 11.1 Å². The van der Waals surface area contributed by atoms with Gasteiger partial charge in [0, 0.05) is 13.0 Å². The molecule has 0 aromatic heterocycles. The van der Waals surface area contributed by atoms with E-state index in [1.807, 2.05) is 0 Å². The molecule has 3 N–H and O–H groups in total. The van der Waals surface area contributed by atoms with E-state index in [1.165, 1.54) is 51.4 Å². The first kappa shape index (κ1) is 15.4. The molecule has 0 aromatic carbocycles. The zero-order valence-electron chi connectivity index (χ0n) is 10.5. The quantitative estimate of drug-likeness (QED) is 0.502. The lowest BCUT2D eigenvalue weighted by Gasteiger charge is -2.03. The Labute approximate surface area is 100 Å². The maximum atomic E-state index is 8.33. The first-order valence-corrected chi connectivity index (χ1v) is 6.69. The number of hydrogen-bond donors (Lipinski definition) is 2. The van der Waals surface area contributed by atoms with E-state index in [1.54, 1.807) is 0 Å². The van der Waals surface area contributed by atoms with E-state index in [9.17, 15) is 0 Å². The van der Waals surface area contributed by atoms with E-state index in [0.717, 1.165) is 19.6 Å². The summed E-state index contributed by atoms with van der Waals surface area (Å²) >= 11 is 0. The molecular weight excluding hydrogens is 198 g/mol. The van der Waals surface area contributed by atoms with E-state index >= 15 is 0 Å². The van der Waals surface area contributed by atoms with E-state index < -0.39 is 0 Å². The molecule has 0 radical (unpaired) electrons. The van der Waals surface area contributed by atoms with Gasteiger partial charge in [0.15, 0.2) is 0 Å². The second-order valence-electron chi connectivity index (χ2n) is 4.28. The maximum absolute atomic E-state index is 8.33. The van der Waals surface area contributed by atoms with E-state index in [0.29, 0.717) is 6.42 Å². The molecule has 0 saturated carbocycles. The van der Waals surface area contributed by atoms with Crippen LogP contribution in [0.1, 0.15) is 57.8 Å². The fourth-order valence-corrected chi connectivity index (χ4v) is 1.72. The molecule has 16 heavy (non-hydrogen) atoms. The smallest absolute Gasteiger partial charge is 0.0635 e. The van der Waals surface area contributed by atoms with Gasteiger partial charge in [-0.1, -0.05) is 38.5 Å². The molecule has 0 unspecified atom stereocenters. The Balaban J connectivity index is 2.86. The zero-order chi connectivity index (χ0) is 11.9. The van der Waals surface area contributed by atoms with Crippen molar-refractivity contribution in [2.45, 2.75) is 57.8 Å². The van der Waals surface area contributed by atoms with Crippen molar-refractivity contribution in [1.82, 2.24) is 5.32 Å². The molecule has 0 heterocycles. The van der Waals surface area contributed by atoms with E-state index in [2.05, 4.69) is 11.4 Å². The van der Waals surface area contributed by atoms with Gasteiger partial charge in [-0.2, -0.15) is 5.26 Å². The van der Waals surface area contributed by atoms with Gasteiger partial charge in [-0.25, -0.2) is 0 Å². The third-order valence-corrected chi connectivity index (χ3v) is 2.72. The minimum Gasteiger partial charge on any atom is -0.330 e. The van der Waals surface area contributed by atoms with Gasteiger partial charge in [0.2, 0.25) is 0 Å². The third-order valence-electron chi connectivity index (χ3n) is 2.72. The standard InChI is InChI=1S/C13H27N3/c14-10-7-5-3-1-2-4-6-8-12-16-13-9-11-15/h16H,1-10,12-14H2. The molecule has 0 atom stereocenters. The Bertz CT molecular complexity index is 163. The third kappa shape index (κ3) is 13.4. The van der Waals surface area contributed by atoms with Gasteiger partial charge in [0.1, 0.15) is 0 Å². The molecule has 0 aliphatic heterocycles. The Morgan fingerprint density at radius 1 is 0.812 bits per heavy atom. The minimum absolute atomic E-state index is 0.626. The van der Waals surface area contributed by atoms with E-state index in [4.69, 9.17) is 11.0 Å². The van der Waals surface area contributed by atoms with Crippen LogP contribution < -0.4 is 11.1 Å². The monoisotopic (exact) mass is 225 g/mol. The molecule has 94 valence electrons. The van der Waals surface area contributed by atoms with Crippen LogP contribution in [0.3, 0.4) is 0 Å². The summed E-state index contributed by atoms with van der Waals surface area (Å²) in [7, 11) is 0. The van der Waals surface area contributed by atoms with Crippen LogP contribution in [0, 0.1) is 11.3 Å². The molecule has 0 bridgehead atoms. The predicted octanol–water partition coefficient (Wildman–Crippen LogP) is 2.57. The van der Waals surface area contributed by atoms with E-state index in [-0.39, 0.29) is 0 Å². The summed E-state index contributed by atoms with van der Waals surface area (Å²) in [5, 5.41) is 11.6. The predicted molar refractivity (Wildman–Crippen MR) is 69.1 cm³/mol. The number of hydrogen-bond acceptors (Lipinski definition) is 3. The normalized spacial score (nSPS) is 10.2. The topological polar surface area (TPSA) is 61.8 Å². The lowest BCUT2D eigenvalue weighted by Crippen LogP contribution is -2.15. The average Bonchev–Trinajstić information content (AvgIpc) is 2.31. The molecule has 3 nitrogen and oxygen atoms in total. The molecule has 0 aliphatic rings. The summed E-state index contributed by atoms with van der Waals surface area (Å²) in [5.41, 5.74) is 5.43. The van der Waals surface area contributed by atoms with Crippen molar-refractivity contribution in [3.8, 4) is 6.07 Å². The highest BCUT2D eigenvalue weighted by molar-refractivity contribution is 4.69. The Kier molecular flexibility index (Phi) is 13.9. The summed E-state index contributed by atoms with van der Waals surface area (Å²) in [6, 6.07) is 2.13. The first-order chi connectivity index (χ1) is 7.91. The molecule has 0 fully saturated rings. The summed E-state index contributed by atoms with van der Waals surface area (Å²) in [5.74, 6) is 0. The second kappa shape index (κ2) is 14.4. The van der Waals surface area contributed by atoms with Crippen LogP contribution in [-0.2, 0) is 0 Å². The summed E-state index contributed by atoms with van der Waals surface area (Å²) in [6.45, 7) is 2.75. The number of nitrogens with zero attached hydrogens (tertiary/aromatic N) is 1. The Hall–Kier alpha value is -0.590. The fraction of sp³-hybridized carbons (Fsp3) is 0.923. The summed E-state index contributed by atoms with van der Waals surface area (Å²) in [6.07, 6.45) is 11.1. The minimum atomic E-state index is 0.626. The summed E-state index contributed by atoms with van der Waals surface area (Å²) in [4.78, 5) is 0. The fourth-order valence-electron chi connectivity index (χ4n) is 1.72. The van der Waals surface area contributed by atoms with Crippen molar-refractivity contribution in [2.24, 2.45) is 5.73 Å². The molecule has 0 spiro atoms. The van der Waals surface area contributed by atoms with Crippen LogP contribution in [0.5, 0.6) is 0 Å². The Morgan fingerprint density at radius 3 is 1.94 bits per heavy atom. The van der Waals surface area contributed by atoms with Crippen molar-refractivity contribution < 1.29 is 0 Å². The van der Waals surface area contributed by atoms with Gasteiger partial charge in [-0.3, -0.25) is 0 Å². The van der Waals surface area contributed by atoms with Crippen molar-refractivity contribution in [3.05, 3.63) is 0 Å². The largest absolute Gasteiger partial charge is 0.330 e. The highest BCUT2D eigenvalue weighted by Crippen LogP contribution is 2.07. The average molecular weight is 225 g/mol. The molecular formula is C13H27N3. The summed E-state index contributed by atoms with van der Waals surface area (Å²) < 4.78 is 0. The number of unbranched alkanes of at least 4 members (excludes halogenated alkanes) is 7. The van der Waals surface area contributed by atoms with Crippen molar-refractivity contribution in [2.75, 3.05) is 19.6 Å². The van der Waals surface area contributed by atoms with Crippen LogP contribution >= 0.6 is 0 Å². The lowest BCUT2D eigenvalue weighted by molar-refractivity contribution is 0.554. The number of nitriles is 1. The number of nitrogens with two attached hydrogens (primary N) is 1. The molecule has 0 rings (SSSR count). The van der Waals surface area contributed by atoms with Crippen molar-refractivity contribution in [1.29, 1.82) is 5.26 Å². The number of rotatable bonds is 12. The first-order valence-electron chi connectivity index (χ1n) is 6.69. The number of nitrogens with one attached hydrogen (secondary N) is 1. The molecule has 0 amide bonds. The molecule has 0 saturated heterocycles. The second-order valence-corrected chi connectivity index (χ2v) is 4.28. The highest BCUT2D eigenvalue weighted by atomic mass is 14.8. The van der Waals surface area contributed by atoms with Crippen molar-refractivity contribution in [3.63, 3.8) is 0 Å². The van der Waals surface area contributed by atoms with Gasteiger partial charge in [-0.05, 0) is 25.9 Å². The van der Waals surface area contributed by atoms with Crippen LogP contribution in [0.25, 0.3) is 0 Å². The molecule has 3 heteroatoms. The van der Waals surface area contributed by atoms with Crippen LogP contribution in [0.4, 0.5) is 0 Å². The van der Waals surface area contributed by atoms with Gasteiger partial charge in [-0.15, -0.1) is 0 Å². The van der Waals surface area contributed by atoms with Crippen LogP contribution in [-0.4, -0.2) is 19.6 Å². The van der Waals surface area contributed by atoms with Gasteiger partial charge >= 0.3 is 0 Å². The van der Waals surface area contributed by atoms with Gasteiger partial charge in [0.25, 0.3) is 0 Å².